The SMILES string of the molecule is Cc1csc2ncnc(NC(C)CCCC(C)C)c12. The monoisotopic (exact) mass is 277 g/mol. The Morgan fingerprint density at radius 2 is 2.00 bits per heavy atom. The first-order valence-corrected chi connectivity index (χ1v) is 7.91. The van der Waals surface area contributed by atoms with E-state index in [1.54, 1.807) is 17.7 Å². The molecule has 0 aliphatic rings. The number of thiophene rings is 1. The number of nitrogens with zero attached hydrogens (tertiary/aromatic N) is 2. The maximum atomic E-state index is 4.41. The van der Waals surface area contributed by atoms with Gasteiger partial charge in [-0.3, -0.25) is 0 Å². The van der Waals surface area contributed by atoms with Gasteiger partial charge in [-0.1, -0.05) is 26.7 Å². The van der Waals surface area contributed by atoms with E-state index in [-0.39, 0.29) is 0 Å². The third-order valence-corrected chi connectivity index (χ3v) is 4.36. The Morgan fingerprint density at radius 1 is 1.21 bits per heavy atom. The molecule has 2 heterocycles. The maximum Gasteiger partial charge on any atom is 0.138 e. The minimum Gasteiger partial charge on any atom is -0.367 e. The quantitative estimate of drug-likeness (QED) is 0.836. The highest BCUT2D eigenvalue weighted by Crippen LogP contribution is 2.29. The Hall–Kier alpha value is -1.16. The number of nitrogens with one attached hydrogen (secondary N) is 1. The maximum absolute atomic E-state index is 4.41. The van der Waals surface area contributed by atoms with Crippen LogP contribution in [0.15, 0.2) is 11.7 Å². The number of aromatic nitrogens is 2. The average Bonchev–Trinajstić information content (AvgIpc) is 2.72. The summed E-state index contributed by atoms with van der Waals surface area (Å²) in [7, 11) is 0. The molecule has 0 spiro atoms. The van der Waals surface area contributed by atoms with Gasteiger partial charge in [0.2, 0.25) is 0 Å². The summed E-state index contributed by atoms with van der Waals surface area (Å²) in [4.78, 5) is 9.80. The van der Waals surface area contributed by atoms with Crippen molar-refractivity contribution in [3.63, 3.8) is 0 Å². The van der Waals surface area contributed by atoms with E-state index in [9.17, 15) is 0 Å². The fraction of sp³-hybridized carbons (Fsp3) is 0.600. The summed E-state index contributed by atoms with van der Waals surface area (Å²) in [5.74, 6) is 1.78. The van der Waals surface area contributed by atoms with Crippen LogP contribution in [0.25, 0.3) is 10.2 Å². The largest absolute Gasteiger partial charge is 0.367 e. The molecule has 0 aliphatic carbocycles. The molecule has 1 atom stereocenters. The summed E-state index contributed by atoms with van der Waals surface area (Å²) < 4.78 is 0. The fourth-order valence-electron chi connectivity index (χ4n) is 2.26. The standard InChI is InChI=1S/C15H23N3S/c1-10(2)6-5-7-12(4)18-14-13-11(3)8-19-15(13)17-9-16-14/h8-10,12H,5-7H2,1-4H3,(H,16,17,18). The minimum absolute atomic E-state index is 0.455. The van der Waals surface area contributed by atoms with Crippen molar-refractivity contribution >= 4 is 27.4 Å². The molecule has 3 nitrogen and oxygen atoms in total. The van der Waals surface area contributed by atoms with E-state index < -0.39 is 0 Å². The Morgan fingerprint density at radius 3 is 2.74 bits per heavy atom. The molecule has 104 valence electrons. The van der Waals surface area contributed by atoms with Crippen LogP contribution in [-0.2, 0) is 0 Å². The van der Waals surface area contributed by atoms with E-state index in [0.717, 1.165) is 16.6 Å². The number of hydrogen-bond donors (Lipinski definition) is 1. The first-order valence-electron chi connectivity index (χ1n) is 7.03. The Kier molecular flexibility index (Phi) is 4.75. The lowest BCUT2D eigenvalue weighted by Gasteiger charge is -2.15. The molecular formula is C15H23N3S. The second-order valence-corrected chi connectivity index (χ2v) is 6.55. The molecule has 2 rings (SSSR count). The van der Waals surface area contributed by atoms with Gasteiger partial charge in [0.1, 0.15) is 17.0 Å². The number of hydrogen-bond acceptors (Lipinski definition) is 4. The summed E-state index contributed by atoms with van der Waals surface area (Å²) in [5, 5.41) is 6.87. The van der Waals surface area contributed by atoms with Gasteiger partial charge in [-0.15, -0.1) is 11.3 Å². The molecule has 1 N–H and O–H groups in total. The predicted molar refractivity (Wildman–Crippen MR) is 83.9 cm³/mol. The van der Waals surface area contributed by atoms with Gasteiger partial charge in [0, 0.05) is 6.04 Å². The summed E-state index contributed by atoms with van der Waals surface area (Å²) in [6.07, 6.45) is 5.40. The van der Waals surface area contributed by atoms with Gasteiger partial charge in [0.25, 0.3) is 0 Å². The molecule has 0 bridgehead atoms. The van der Waals surface area contributed by atoms with Crippen molar-refractivity contribution in [2.75, 3.05) is 5.32 Å². The van der Waals surface area contributed by atoms with Crippen molar-refractivity contribution in [1.82, 2.24) is 9.97 Å². The van der Waals surface area contributed by atoms with Crippen LogP contribution in [0.1, 0.15) is 45.6 Å². The summed E-state index contributed by atoms with van der Waals surface area (Å²) in [5.41, 5.74) is 1.26. The van der Waals surface area contributed by atoms with Crippen molar-refractivity contribution in [3.05, 3.63) is 17.3 Å². The number of aryl methyl sites for hydroxylation is 1. The molecule has 19 heavy (non-hydrogen) atoms. The van der Waals surface area contributed by atoms with Gasteiger partial charge in [-0.2, -0.15) is 0 Å². The molecule has 1 unspecified atom stereocenters. The van der Waals surface area contributed by atoms with E-state index >= 15 is 0 Å². The average molecular weight is 277 g/mol. The summed E-state index contributed by atoms with van der Waals surface area (Å²) >= 11 is 1.69. The lowest BCUT2D eigenvalue weighted by atomic mass is 10.0. The highest BCUT2D eigenvalue weighted by atomic mass is 32.1. The first-order chi connectivity index (χ1) is 9.08. The molecule has 2 aromatic rings. The molecule has 0 aliphatic heterocycles. The third kappa shape index (κ3) is 3.66. The second-order valence-electron chi connectivity index (χ2n) is 5.69. The van der Waals surface area contributed by atoms with E-state index in [1.807, 2.05) is 0 Å². The van der Waals surface area contributed by atoms with E-state index in [2.05, 4.69) is 48.4 Å². The smallest absolute Gasteiger partial charge is 0.138 e. The highest BCUT2D eigenvalue weighted by Gasteiger charge is 2.11. The van der Waals surface area contributed by atoms with Gasteiger partial charge in [0.15, 0.2) is 0 Å². The molecule has 0 aromatic carbocycles. The molecule has 0 amide bonds. The normalized spacial score (nSPS) is 13.1. The molecule has 0 saturated heterocycles. The van der Waals surface area contributed by atoms with Crippen molar-refractivity contribution in [3.8, 4) is 0 Å². The van der Waals surface area contributed by atoms with E-state index in [4.69, 9.17) is 0 Å². The summed E-state index contributed by atoms with van der Waals surface area (Å²) in [6.45, 7) is 8.91. The van der Waals surface area contributed by atoms with Crippen LogP contribution < -0.4 is 5.32 Å². The number of rotatable bonds is 6. The van der Waals surface area contributed by atoms with Crippen LogP contribution in [0.5, 0.6) is 0 Å². The molecule has 2 aromatic heterocycles. The molecule has 4 heteroatoms. The molecule has 0 saturated carbocycles. The van der Waals surface area contributed by atoms with Crippen molar-refractivity contribution in [1.29, 1.82) is 0 Å². The fourth-order valence-corrected chi connectivity index (χ4v) is 3.15. The zero-order chi connectivity index (χ0) is 13.8. The molecule has 0 fully saturated rings. The Bertz CT molecular complexity index is 533. The number of anilines is 1. The van der Waals surface area contributed by atoms with Crippen molar-refractivity contribution < 1.29 is 0 Å². The van der Waals surface area contributed by atoms with Gasteiger partial charge >= 0.3 is 0 Å². The second kappa shape index (κ2) is 6.33. The zero-order valence-corrected chi connectivity index (χ0v) is 13.0. The zero-order valence-electron chi connectivity index (χ0n) is 12.2. The van der Waals surface area contributed by atoms with Crippen LogP contribution in [0.4, 0.5) is 5.82 Å². The molecular weight excluding hydrogens is 254 g/mol. The van der Waals surface area contributed by atoms with Gasteiger partial charge in [-0.25, -0.2) is 9.97 Å². The van der Waals surface area contributed by atoms with Gasteiger partial charge in [-0.05, 0) is 37.1 Å². The summed E-state index contributed by atoms with van der Waals surface area (Å²) in [6, 6.07) is 0.455. The van der Waals surface area contributed by atoms with Crippen LogP contribution in [0.2, 0.25) is 0 Å². The third-order valence-electron chi connectivity index (χ3n) is 3.36. The number of fused-ring (bicyclic) bond motifs is 1. The van der Waals surface area contributed by atoms with Crippen molar-refractivity contribution in [2.24, 2.45) is 5.92 Å². The van der Waals surface area contributed by atoms with E-state index in [1.165, 1.54) is 30.2 Å². The van der Waals surface area contributed by atoms with Crippen LogP contribution in [0, 0.1) is 12.8 Å². The topological polar surface area (TPSA) is 37.8 Å². The Balaban J connectivity index is 2.02. The lowest BCUT2D eigenvalue weighted by molar-refractivity contribution is 0.520. The van der Waals surface area contributed by atoms with Crippen LogP contribution >= 0.6 is 11.3 Å². The van der Waals surface area contributed by atoms with Gasteiger partial charge < -0.3 is 5.32 Å². The highest BCUT2D eigenvalue weighted by molar-refractivity contribution is 7.17. The van der Waals surface area contributed by atoms with Crippen LogP contribution in [0.3, 0.4) is 0 Å². The minimum atomic E-state index is 0.455. The predicted octanol–water partition coefficient (Wildman–Crippen LogP) is 4.63. The van der Waals surface area contributed by atoms with Crippen molar-refractivity contribution in [2.45, 2.75) is 53.0 Å². The molecule has 0 radical (unpaired) electrons. The lowest BCUT2D eigenvalue weighted by Crippen LogP contribution is -2.16. The van der Waals surface area contributed by atoms with Gasteiger partial charge in [0.05, 0.1) is 5.39 Å². The Labute approximate surface area is 119 Å². The van der Waals surface area contributed by atoms with Crippen LogP contribution in [-0.4, -0.2) is 16.0 Å². The van der Waals surface area contributed by atoms with E-state index in [0.29, 0.717) is 6.04 Å². The first kappa shape index (κ1) is 14.3.